The zero-order chi connectivity index (χ0) is 21.8. The number of methoxy groups -OCH3 is 1. The van der Waals surface area contributed by atoms with Gasteiger partial charge in [-0.2, -0.15) is 18.2 Å². The van der Waals surface area contributed by atoms with E-state index >= 15 is 0 Å². The summed E-state index contributed by atoms with van der Waals surface area (Å²) < 4.78 is 53.4. The predicted molar refractivity (Wildman–Crippen MR) is 107 cm³/mol. The van der Waals surface area contributed by atoms with Gasteiger partial charge in [-0.3, -0.25) is 4.90 Å². The monoisotopic (exact) mass is 433 g/mol. The van der Waals surface area contributed by atoms with Gasteiger partial charge in [-0.25, -0.2) is 0 Å². The molecule has 0 N–H and O–H groups in total. The van der Waals surface area contributed by atoms with Crippen LogP contribution < -0.4 is 9.47 Å². The first-order valence-corrected chi connectivity index (χ1v) is 9.94. The number of likely N-dealkylation sites (tertiary alicyclic amines) is 1. The number of rotatable bonds is 7. The zero-order valence-corrected chi connectivity index (χ0v) is 16.9. The fourth-order valence-corrected chi connectivity index (χ4v) is 3.54. The standard InChI is InChI=1S/C22H22F3N3O3/c1-29-18-4-2-3-15(13-18)9-11-28-12-10-19(14-28)30-17-7-5-16(6-8-17)20-26-21(31-27-20)22(23,24)25/h2-8,13,19H,9-12,14H2,1H3/t19-/m1/s1. The van der Waals surface area contributed by atoms with E-state index in [-0.39, 0.29) is 11.9 Å². The second kappa shape index (κ2) is 8.97. The van der Waals surface area contributed by atoms with Gasteiger partial charge in [0.25, 0.3) is 0 Å². The van der Waals surface area contributed by atoms with Crippen LogP contribution in [0.2, 0.25) is 0 Å². The van der Waals surface area contributed by atoms with Crippen molar-refractivity contribution >= 4 is 0 Å². The molecule has 1 aromatic heterocycles. The molecule has 6 nitrogen and oxygen atoms in total. The first kappa shape index (κ1) is 21.2. The van der Waals surface area contributed by atoms with E-state index in [1.54, 1.807) is 31.4 Å². The van der Waals surface area contributed by atoms with Crippen LogP contribution in [0.5, 0.6) is 11.5 Å². The Morgan fingerprint density at radius 2 is 1.94 bits per heavy atom. The predicted octanol–water partition coefficient (Wildman–Crippen LogP) is 4.46. The van der Waals surface area contributed by atoms with Crippen LogP contribution >= 0.6 is 0 Å². The van der Waals surface area contributed by atoms with E-state index in [1.807, 2.05) is 18.2 Å². The minimum absolute atomic E-state index is 0.0677. The molecule has 1 aliphatic rings. The highest BCUT2D eigenvalue weighted by Crippen LogP contribution is 2.30. The van der Waals surface area contributed by atoms with Crippen LogP contribution in [-0.4, -0.2) is 47.9 Å². The van der Waals surface area contributed by atoms with E-state index in [1.165, 1.54) is 5.56 Å². The molecule has 2 aromatic carbocycles. The molecule has 0 unspecified atom stereocenters. The molecule has 0 aliphatic carbocycles. The Balaban J connectivity index is 1.28. The quantitative estimate of drug-likeness (QED) is 0.548. The molecule has 1 saturated heterocycles. The van der Waals surface area contributed by atoms with Gasteiger partial charge in [0.05, 0.1) is 7.11 Å². The van der Waals surface area contributed by atoms with Gasteiger partial charge in [0.1, 0.15) is 17.6 Å². The average Bonchev–Trinajstić information content (AvgIpc) is 3.43. The SMILES string of the molecule is COc1cccc(CCN2CC[C@@H](Oc3ccc(-c4noc(C(F)(F)F)n4)cc3)C2)c1. The van der Waals surface area contributed by atoms with Crippen molar-refractivity contribution < 1.29 is 27.2 Å². The van der Waals surface area contributed by atoms with Crippen molar-refractivity contribution in [2.75, 3.05) is 26.7 Å². The first-order chi connectivity index (χ1) is 14.9. The highest BCUT2D eigenvalue weighted by atomic mass is 19.4. The van der Waals surface area contributed by atoms with Crippen molar-refractivity contribution in [3.63, 3.8) is 0 Å². The molecule has 0 bridgehead atoms. The van der Waals surface area contributed by atoms with Crippen molar-refractivity contribution in [3.8, 4) is 22.9 Å². The summed E-state index contributed by atoms with van der Waals surface area (Å²) in [4.78, 5) is 5.75. The summed E-state index contributed by atoms with van der Waals surface area (Å²) in [6, 6.07) is 14.7. The molecule has 4 rings (SSSR count). The number of aromatic nitrogens is 2. The lowest BCUT2D eigenvalue weighted by Gasteiger charge is -2.17. The van der Waals surface area contributed by atoms with Crippen molar-refractivity contribution in [3.05, 3.63) is 60.0 Å². The largest absolute Gasteiger partial charge is 0.497 e. The molecule has 1 fully saturated rings. The molecule has 31 heavy (non-hydrogen) atoms. The Morgan fingerprint density at radius 3 is 2.65 bits per heavy atom. The van der Waals surface area contributed by atoms with E-state index in [0.29, 0.717) is 11.3 Å². The molecular formula is C22H22F3N3O3. The van der Waals surface area contributed by atoms with Gasteiger partial charge in [-0.15, -0.1) is 0 Å². The van der Waals surface area contributed by atoms with Crippen LogP contribution in [0.1, 0.15) is 17.9 Å². The van der Waals surface area contributed by atoms with Crippen LogP contribution in [0.4, 0.5) is 13.2 Å². The lowest BCUT2D eigenvalue weighted by Crippen LogP contribution is -2.26. The Kier molecular flexibility index (Phi) is 6.13. The maximum absolute atomic E-state index is 12.6. The third-order valence-corrected chi connectivity index (χ3v) is 5.16. The summed E-state index contributed by atoms with van der Waals surface area (Å²) in [7, 11) is 1.66. The molecule has 164 valence electrons. The molecule has 9 heteroatoms. The summed E-state index contributed by atoms with van der Waals surface area (Å²) in [5.74, 6) is 0.0493. The maximum Gasteiger partial charge on any atom is 0.471 e. The second-order valence-electron chi connectivity index (χ2n) is 7.38. The van der Waals surface area contributed by atoms with E-state index in [9.17, 15) is 13.2 Å². The molecule has 0 spiro atoms. The molecule has 0 radical (unpaired) electrons. The topological polar surface area (TPSA) is 60.6 Å². The third-order valence-electron chi connectivity index (χ3n) is 5.16. The second-order valence-corrected chi connectivity index (χ2v) is 7.38. The fraction of sp³-hybridized carbons (Fsp3) is 0.364. The van der Waals surface area contributed by atoms with Crippen LogP contribution in [0.3, 0.4) is 0 Å². The van der Waals surface area contributed by atoms with Gasteiger partial charge in [-0.1, -0.05) is 17.3 Å². The molecule has 1 atom stereocenters. The lowest BCUT2D eigenvalue weighted by atomic mass is 10.1. The van der Waals surface area contributed by atoms with Gasteiger partial charge >= 0.3 is 12.1 Å². The number of benzene rings is 2. The average molecular weight is 433 g/mol. The number of hydrogen-bond acceptors (Lipinski definition) is 6. The summed E-state index contributed by atoms with van der Waals surface area (Å²) in [6.45, 7) is 2.71. The van der Waals surface area contributed by atoms with E-state index in [2.05, 4.69) is 25.6 Å². The van der Waals surface area contributed by atoms with Gasteiger partial charge < -0.3 is 14.0 Å². The number of hydrogen-bond donors (Lipinski definition) is 0. The molecule has 2 heterocycles. The van der Waals surface area contributed by atoms with Gasteiger partial charge in [-0.05, 0) is 54.8 Å². The molecular weight excluding hydrogens is 411 g/mol. The Bertz CT molecular complexity index is 1000. The third kappa shape index (κ3) is 5.35. The fourth-order valence-electron chi connectivity index (χ4n) is 3.54. The number of alkyl halides is 3. The number of halogens is 3. The highest BCUT2D eigenvalue weighted by Gasteiger charge is 2.38. The summed E-state index contributed by atoms with van der Waals surface area (Å²) >= 11 is 0. The smallest absolute Gasteiger partial charge is 0.471 e. The van der Waals surface area contributed by atoms with Gasteiger partial charge in [0, 0.05) is 25.2 Å². The Morgan fingerprint density at radius 1 is 1.13 bits per heavy atom. The minimum Gasteiger partial charge on any atom is -0.497 e. The van der Waals surface area contributed by atoms with Crippen LogP contribution in [0.15, 0.2) is 53.1 Å². The van der Waals surface area contributed by atoms with Crippen molar-refractivity contribution in [2.45, 2.75) is 25.1 Å². The van der Waals surface area contributed by atoms with Crippen LogP contribution in [0.25, 0.3) is 11.4 Å². The van der Waals surface area contributed by atoms with Gasteiger partial charge in [0.2, 0.25) is 5.82 Å². The summed E-state index contributed by atoms with van der Waals surface area (Å²) in [5, 5.41) is 3.39. The van der Waals surface area contributed by atoms with E-state index in [0.717, 1.165) is 38.2 Å². The molecule has 3 aromatic rings. The number of nitrogens with zero attached hydrogens (tertiary/aromatic N) is 3. The summed E-state index contributed by atoms with van der Waals surface area (Å²) in [5.41, 5.74) is 1.66. The van der Waals surface area contributed by atoms with Crippen LogP contribution in [0, 0.1) is 0 Å². The Hall–Kier alpha value is -3.07. The van der Waals surface area contributed by atoms with Gasteiger partial charge in [0.15, 0.2) is 0 Å². The Labute approximate surface area is 177 Å². The highest BCUT2D eigenvalue weighted by molar-refractivity contribution is 5.55. The normalized spacial score (nSPS) is 17.1. The number of ether oxygens (including phenoxy) is 2. The lowest BCUT2D eigenvalue weighted by molar-refractivity contribution is -0.159. The van der Waals surface area contributed by atoms with E-state index in [4.69, 9.17) is 9.47 Å². The molecule has 0 amide bonds. The van der Waals surface area contributed by atoms with Crippen molar-refractivity contribution in [2.24, 2.45) is 0 Å². The van der Waals surface area contributed by atoms with Crippen molar-refractivity contribution in [1.29, 1.82) is 0 Å². The van der Waals surface area contributed by atoms with Crippen LogP contribution in [-0.2, 0) is 12.6 Å². The minimum atomic E-state index is -4.66. The van der Waals surface area contributed by atoms with E-state index < -0.39 is 12.1 Å². The maximum atomic E-state index is 12.6. The molecule has 1 aliphatic heterocycles. The first-order valence-electron chi connectivity index (χ1n) is 9.94. The van der Waals surface area contributed by atoms with Crippen molar-refractivity contribution in [1.82, 2.24) is 15.0 Å². The summed E-state index contributed by atoms with van der Waals surface area (Å²) in [6.07, 6.45) is -2.74. The zero-order valence-electron chi connectivity index (χ0n) is 16.9. The molecule has 0 saturated carbocycles.